The highest BCUT2D eigenvalue weighted by atomic mass is 16.7. The van der Waals surface area contributed by atoms with E-state index in [-0.39, 0.29) is 12.3 Å². The molecule has 0 aliphatic carbocycles. The highest BCUT2D eigenvalue weighted by Crippen LogP contribution is 2.29. The van der Waals surface area contributed by atoms with E-state index in [2.05, 4.69) is 20.8 Å². The Morgan fingerprint density at radius 1 is 0.821 bits per heavy atom. The van der Waals surface area contributed by atoms with E-state index in [1.807, 2.05) is 24.3 Å². The molecule has 0 radical (unpaired) electrons. The van der Waals surface area contributed by atoms with E-state index in [1.165, 1.54) is 70.6 Å². The van der Waals surface area contributed by atoms with Crippen LogP contribution >= 0.6 is 0 Å². The summed E-state index contributed by atoms with van der Waals surface area (Å²) >= 11 is 0. The highest BCUT2D eigenvalue weighted by molar-refractivity contribution is 5.91. The molecule has 39 heavy (non-hydrogen) atoms. The molecular weight excluding hydrogens is 488 g/mol. The van der Waals surface area contributed by atoms with Crippen LogP contribution in [0.15, 0.2) is 48.5 Å². The number of hydrogen-bond acceptors (Lipinski definition) is 5. The third-order valence-electron chi connectivity index (χ3n) is 7.69. The second-order valence-electron chi connectivity index (χ2n) is 11.1. The van der Waals surface area contributed by atoms with Gasteiger partial charge >= 0.3 is 5.97 Å². The third kappa shape index (κ3) is 11.7. The number of carbonyl (C=O) groups excluding carboxylic acids is 1. The van der Waals surface area contributed by atoms with E-state index in [0.29, 0.717) is 23.8 Å². The van der Waals surface area contributed by atoms with Gasteiger partial charge in [0.15, 0.2) is 6.29 Å². The van der Waals surface area contributed by atoms with Crippen molar-refractivity contribution in [3.63, 3.8) is 0 Å². The molecule has 2 aromatic rings. The molecule has 1 heterocycles. The number of ether oxygens (including phenoxy) is 4. The van der Waals surface area contributed by atoms with Crippen molar-refractivity contribution in [3.8, 4) is 11.5 Å². The molecule has 3 rings (SSSR count). The van der Waals surface area contributed by atoms with Crippen molar-refractivity contribution in [3.05, 3.63) is 59.7 Å². The van der Waals surface area contributed by atoms with Gasteiger partial charge in [-0.3, -0.25) is 0 Å². The summed E-state index contributed by atoms with van der Waals surface area (Å²) in [6, 6.07) is 14.6. The summed E-state index contributed by atoms with van der Waals surface area (Å²) in [5.74, 6) is 2.17. The monoisotopic (exact) mass is 538 g/mol. The first-order valence-electron chi connectivity index (χ1n) is 15.4. The summed E-state index contributed by atoms with van der Waals surface area (Å²) in [7, 11) is 0. The standard InChI is InChI=1S/C34H50O5/c1-4-6-7-8-9-12-15-28-25-37-34(38-26-28)30-18-22-32(23-19-30)39-33(35)29-16-20-31(21-17-29)36-24-13-10-11-14-27(3)5-2/h16-23,27-28,34H,4-15,24-26H2,1-3H3/t27-,28-,34-/m0/s1. The summed E-state index contributed by atoms with van der Waals surface area (Å²) in [5, 5.41) is 0. The number of unbranched alkanes of at least 4 members (excludes halogenated alkanes) is 7. The summed E-state index contributed by atoms with van der Waals surface area (Å²) in [4.78, 5) is 12.6. The fraction of sp³-hybridized carbons (Fsp3) is 0.618. The maximum Gasteiger partial charge on any atom is 0.343 e. The molecule has 1 aliphatic rings. The van der Waals surface area contributed by atoms with E-state index in [1.54, 1.807) is 24.3 Å². The number of hydrogen-bond donors (Lipinski definition) is 0. The number of esters is 1. The zero-order chi connectivity index (χ0) is 27.7. The van der Waals surface area contributed by atoms with Gasteiger partial charge in [-0.05, 0) is 55.2 Å². The molecular formula is C34H50O5. The highest BCUT2D eigenvalue weighted by Gasteiger charge is 2.23. The largest absolute Gasteiger partial charge is 0.494 e. The Morgan fingerprint density at radius 2 is 1.46 bits per heavy atom. The first-order valence-corrected chi connectivity index (χ1v) is 15.4. The molecule has 1 fully saturated rings. The van der Waals surface area contributed by atoms with Crippen molar-refractivity contribution < 1.29 is 23.7 Å². The molecule has 0 unspecified atom stereocenters. The average Bonchev–Trinajstić information content (AvgIpc) is 2.97. The van der Waals surface area contributed by atoms with Gasteiger partial charge in [0.2, 0.25) is 0 Å². The van der Waals surface area contributed by atoms with E-state index in [4.69, 9.17) is 18.9 Å². The summed E-state index contributed by atoms with van der Waals surface area (Å²) in [6.45, 7) is 8.97. The van der Waals surface area contributed by atoms with Crippen LogP contribution in [-0.2, 0) is 9.47 Å². The smallest absolute Gasteiger partial charge is 0.343 e. The van der Waals surface area contributed by atoms with Crippen LogP contribution in [0, 0.1) is 11.8 Å². The average molecular weight is 539 g/mol. The maximum atomic E-state index is 12.6. The topological polar surface area (TPSA) is 54.0 Å². The first kappa shape index (κ1) is 31.2. The van der Waals surface area contributed by atoms with Crippen molar-refractivity contribution in [1.82, 2.24) is 0 Å². The van der Waals surface area contributed by atoms with E-state index < -0.39 is 0 Å². The SMILES string of the molecule is CCCCCCCC[C@H]1CO[C@H](c2ccc(OC(=O)c3ccc(OCCCCC[C@@H](C)CC)cc3)cc2)OC1. The minimum absolute atomic E-state index is 0.358. The lowest BCUT2D eigenvalue weighted by Crippen LogP contribution is -2.27. The van der Waals surface area contributed by atoms with Crippen molar-refractivity contribution >= 4 is 5.97 Å². The lowest BCUT2D eigenvalue weighted by molar-refractivity contribution is -0.206. The van der Waals surface area contributed by atoms with Gasteiger partial charge in [0, 0.05) is 11.5 Å². The molecule has 0 spiro atoms. The Bertz CT molecular complexity index is 916. The molecule has 1 aliphatic heterocycles. The lowest BCUT2D eigenvalue weighted by atomic mass is 10.0. The molecule has 0 N–H and O–H groups in total. The van der Waals surface area contributed by atoms with E-state index in [0.717, 1.165) is 36.9 Å². The fourth-order valence-electron chi connectivity index (χ4n) is 4.83. The molecule has 2 aromatic carbocycles. The second kappa shape index (κ2) is 18.1. The molecule has 5 nitrogen and oxygen atoms in total. The Hall–Kier alpha value is -2.37. The molecule has 5 heteroatoms. The third-order valence-corrected chi connectivity index (χ3v) is 7.69. The Morgan fingerprint density at radius 3 is 2.15 bits per heavy atom. The summed E-state index contributed by atoms with van der Waals surface area (Å²) in [5.41, 5.74) is 1.43. The molecule has 216 valence electrons. The molecule has 0 amide bonds. The quantitative estimate of drug-likeness (QED) is 0.107. The van der Waals surface area contributed by atoms with Gasteiger partial charge in [0.05, 0.1) is 25.4 Å². The number of rotatable bonds is 18. The summed E-state index contributed by atoms with van der Waals surface area (Å²) in [6.07, 6.45) is 14.7. The van der Waals surface area contributed by atoms with Gasteiger partial charge in [-0.15, -0.1) is 0 Å². The number of carbonyl (C=O) groups is 1. The zero-order valence-corrected chi connectivity index (χ0v) is 24.5. The van der Waals surface area contributed by atoms with Crippen LogP contribution in [0.2, 0.25) is 0 Å². The first-order chi connectivity index (χ1) is 19.1. The van der Waals surface area contributed by atoms with E-state index >= 15 is 0 Å². The normalized spacial score (nSPS) is 18.0. The summed E-state index contributed by atoms with van der Waals surface area (Å²) < 4.78 is 23.4. The van der Waals surface area contributed by atoms with Crippen LogP contribution in [0.3, 0.4) is 0 Å². The fourth-order valence-corrected chi connectivity index (χ4v) is 4.83. The van der Waals surface area contributed by atoms with Crippen LogP contribution in [0.25, 0.3) is 0 Å². The molecule has 0 bridgehead atoms. The minimum atomic E-state index is -0.387. The molecule has 0 saturated carbocycles. The van der Waals surface area contributed by atoms with Crippen LogP contribution in [0.5, 0.6) is 11.5 Å². The Balaban J connectivity index is 1.33. The Kier molecular flexibility index (Phi) is 14.4. The van der Waals surface area contributed by atoms with Crippen LogP contribution in [0.1, 0.15) is 120 Å². The predicted octanol–water partition coefficient (Wildman–Crippen LogP) is 9.30. The van der Waals surface area contributed by atoms with Crippen molar-refractivity contribution in [1.29, 1.82) is 0 Å². The predicted molar refractivity (Wildman–Crippen MR) is 157 cm³/mol. The second-order valence-corrected chi connectivity index (χ2v) is 11.1. The van der Waals surface area contributed by atoms with Crippen molar-refractivity contribution in [2.24, 2.45) is 11.8 Å². The number of benzene rings is 2. The van der Waals surface area contributed by atoms with Crippen LogP contribution in [-0.4, -0.2) is 25.8 Å². The zero-order valence-electron chi connectivity index (χ0n) is 24.5. The van der Waals surface area contributed by atoms with Gasteiger partial charge in [-0.2, -0.15) is 0 Å². The van der Waals surface area contributed by atoms with Crippen molar-refractivity contribution in [2.75, 3.05) is 19.8 Å². The van der Waals surface area contributed by atoms with Gasteiger partial charge in [-0.1, -0.05) is 97.1 Å². The Labute approximate surface area is 236 Å². The van der Waals surface area contributed by atoms with Gasteiger partial charge in [-0.25, -0.2) is 4.79 Å². The minimum Gasteiger partial charge on any atom is -0.494 e. The maximum absolute atomic E-state index is 12.6. The van der Waals surface area contributed by atoms with Crippen LogP contribution < -0.4 is 9.47 Å². The molecule has 1 atom stereocenters. The van der Waals surface area contributed by atoms with Gasteiger partial charge < -0.3 is 18.9 Å². The van der Waals surface area contributed by atoms with E-state index in [9.17, 15) is 4.79 Å². The van der Waals surface area contributed by atoms with Crippen LogP contribution in [0.4, 0.5) is 0 Å². The van der Waals surface area contributed by atoms with Gasteiger partial charge in [0.25, 0.3) is 0 Å². The molecule has 1 saturated heterocycles. The lowest BCUT2D eigenvalue weighted by Gasteiger charge is -2.29. The van der Waals surface area contributed by atoms with Gasteiger partial charge in [0.1, 0.15) is 11.5 Å². The molecule has 0 aromatic heterocycles. The van der Waals surface area contributed by atoms with Crippen molar-refractivity contribution in [2.45, 2.75) is 104 Å².